The summed E-state index contributed by atoms with van der Waals surface area (Å²) in [5.74, 6) is 0.900. The van der Waals surface area contributed by atoms with Crippen molar-refractivity contribution < 1.29 is 19.3 Å². The van der Waals surface area contributed by atoms with Gasteiger partial charge in [-0.3, -0.25) is 10.1 Å². The molecule has 0 aliphatic carbocycles. The minimum absolute atomic E-state index is 0.0916. The number of aromatic nitrogens is 1. The van der Waals surface area contributed by atoms with Crippen LogP contribution in [0.5, 0.6) is 5.75 Å². The molecule has 0 atom stereocenters. The van der Waals surface area contributed by atoms with E-state index in [1.807, 2.05) is 0 Å². The quantitative estimate of drug-likeness (QED) is 0.639. The van der Waals surface area contributed by atoms with Crippen LogP contribution < -0.4 is 4.74 Å². The number of rotatable bonds is 5. The van der Waals surface area contributed by atoms with E-state index in [1.54, 1.807) is 6.07 Å². The highest BCUT2D eigenvalue weighted by Gasteiger charge is 2.11. The summed E-state index contributed by atoms with van der Waals surface area (Å²) in [5.41, 5.74) is 0.259. The second-order valence-corrected chi connectivity index (χ2v) is 3.47. The average molecular weight is 250 g/mol. The highest BCUT2D eigenvalue weighted by atomic mass is 16.6. The Morgan fingerprint density at radius 2 is 2.28 bits per heavy atom. The maximum absolute atomic E-state index is 10.6. The molecule has 0 aliphatic rings. The van der Waals surface area contributed by atoms with Gasteiger partial charge in [0, 0.05) is 23.8 Å². The van der Waals surface area contributed by atoms with Crippen LogP contribution in [-0.4, -0.2) is 15.2 Å². The third-order valence-corrected chi connectivity index (χ3v) is 2.29. The molecular weight excluding hydrogens is 240 g/mol. The van der Waals surface area contributed by atoms with Crippen molar-refractivity contribution in [1.82, 2.24) is 5.16 Å². The second-order valence-electron chi connectivity index (χ2n) is 3.47. The molecule has 1 aromatic carbocycles. The van der Waals surface area contributed by atoms with Crippen molar-refractivity contribution in [2.75, 3.05) is 0 Å². The molecule has 1 aromatic heterocycles. The fraction of sp³-hybridized carbons (Fsp3) is 0.182. The summed E-state index contributed by atoms with van der Waals surface area (Å²) in [4.78, 5) is 10.1. The highest BCUT2D eigenvalue weighted by molar-refractivity contribution is 5.43. The van der Waals surface area contributed by atoms with Gasteiger partial charge in [-0.15, -0.1) is 0 Å². The van der Waals surface area contributed by atoms with Crippen molar-refractivity contribution in [1.29, 1.82) is 0 Å². The molecule has 7 nitrogen and oxygen atoms in total. The van der Waals surface area contributed by atoms with Crippen LogP contribution >= 0.6 is 0 Å². The molecule has 0 radical (unpaired) electrons. The second kappa shape index (κ2) is 5.28. The molecule has 0 fully saturated rings. The van der Waals surface area contributed by atoms with Gasteiger partial charge in [-0.05, 0) is 6.07 Å². The Hall–Kier alpha value is -2.41. The number of hydrogen-bond acceptors (Lipinski definition) is 6. The van der Waals surface area contributed by atoms with Crippen molar-refractivity contribution in [2.45, 2.75) is 13.2 Å². The average Bonchev–Trinajstić information content (AvgIpc) is 2.89. The fourth-order valence-corrected chi connectivity index (χ4v) is 1.41. The fourth-order valence-electron chi connectivity index (χ4n) is 1.41. The van der Waals surface area contributed by atoms with Crippen molar-refractivity contribution in [3.8, 4) is 5.75 Å². The van der Waals surface area contributed by atoms with Gasteiger partial charge < -0.3 is 14.4 Å². The molecular formula is C11H10N2O5. The van der Waals surface area contributed by atoms with Crippen LogP contribution in [0, 0.1) is 10.1 Å². The number of nitro groups is 1. The maximum atomic E-state index is 10.6. The third kappa shape index (κ3) is 2.64. The standard InChI is InChI=1S/C11H10N2O5/c14-6-8-5-9(13(15)16)1-2-11(8)17-7-10-3-4-12-18-10/h1-5,14H,6-7H2. The predicted octanol–water partition coefficient (Wildman–Crippen LogP) is 1.65. The molecule has 0 saturated heterocycles. The first-order chi connectivity index (χ1) is 8.70. The van der Waals surface area contributed by atoms with E-state index in [9.17, 15) is 10.1 Å². The minimum atomic E-state index is -0.528. The molecule has 1 N–H and O–H groups in total. The van der Waals surface area contributed by atoms with E-state index in [2.05, 4.69) is 5.16 Å². The van der Waals surface area contributed by atoms with Gasteiger partial charge in [0.1, 0.15) is 12.4 Å². The Morgan fingerprint density at radius 3 is 2.89 bits per heavy atom. The van der Waals surface area contributed by atoms with Crippen LogP contribution in [-0.2, 0) is 13.2 Å². The number of nitro benzene ring substituents is 1. The summed E-state index contributed by atoms with van der Waals surface area (Å²) >= 11 is 0. The summed E-state index contributed by atoms with van der Waals surface area (Å²) in [6.07, 6.45) is 1.49. The number of ether oxygens (including phenoxy) is 1. The van der Waals surface area contributed by atoms with E-state index in [0.717, 1.165) is 0 Å². The SMILES string of the molecule is O=[N+]([O-])c1ccc(OCc2ccno2)c(CO)c1. The van der Waals surface area contributed by atoms with E-state index in [4.69, 9.17) is 14.4 Å². The van der Waals surface area contributed by atoms with Crippen LogP contribution in [0.3, 0.4) is 0 Å². The number of aliphatic hydroxyl groups excluding tert-OH is 1. The third-order valence-electron chi connectivity index (χ3n) is 2.29. The molecule has 0 spiro atoms. The number of benzene rings is 1. The van der Waals surface area contributed by atoms with Gasteiger partial charge in [-0.25, -0.2) is 0 Å². The van der Waals surface area contributed by atoms with Crippen LogP contribution in [0.2, 0.25) is 0 Å². The molecule has 18 heavy (non-hydrogen) atoms. The van der Waals surface area contributed by atoms with Gasteiger partial charge in [-0.2, -0.15) is 0 Å². The molecule has 0 aliphatic heterocycles. The topological polar surface area (TPSA) is 98.6 Å². The van der Waals surface area contributed by atoms with Crippen molar-refractivity contribution in [2.24, 2.45) is 0 Å². The molecule has 0 amide bonds. The summed E-state index contributed by atoms with van der Waals surface area (Å²) in [5, 5.41) is 23.2. The smallest absolute Gasteiger partial charge is 0.270 e. The Balaban J connectivity index is 2.14. The number of hydrogen-bond donors (Lipinski definition) is 1. The Kier molecular flexibility index (Phi) is 3.54. The largest absolute Gasteiger partial charge is 0.485 e. The molecule has 2 aromatic rings. The maximum Gasteiger partial charge on any atom is 0.270 e. The van der Waals surface area contributed by atoms with E-state index < -0.39 is 4.92 Å². The first-order valence-electron chi connectivity index (χ1n) is 5.11. The Morgan fingerprint density at radius 1 is 1.44 bits per heavy atom. The van der Waals surface area contributed by atoms with Gasteiger partial charge in [-0.1, -0.05) is 5.16 Å². The van der Waals surface area contributed by atoms with Crippen LogP contribution in [0.4, 0.5) is 5.69 Å². The monoisotopic (exact) mass is 250 g/mol. The van der Waals surface area contributed by atoms with Crippen LogP contribution in [0.15, 0.2) is 35.0 Å². The Bertz CT molecular complexity index is 538. The Labute approximate surface area is 102 Å². The molecule has 0 saturated carbocycles. The molecule has 2 rings (SSSR count). The minimum Gasteiger partial charge on any atom is -0.485 e. The first kappa shape index (κ1) is 12.1. The van der Waals surface area contributed by atoms with Crippen LogP contribution in [0.25, 0.3) is 0 Å². The number of aliphatic hydroxyl groups is 1. The lowest BCUT2D eigenvalue weighted by atomic mass is 10.2. The number of non-ortho nitro benzene ring substituents is 1. The molecule has 7 heteroatoms. The van der Waals surface area contributed by atoms with Gasteiger partial charge in [0.05, 0.1) is 17.7 Å². The molecule has 1 heterocycles. The summed E-state index contributed by atoms with van der Waals surface area (Å²) in [6, 6.07) is 5.68. The van der Waals surface area contributed by atoms with E-state index in [-0.39, 0.29) is 18.9 Å². The lowest BCUT2D eigenvalue weighted by molar-refractivity contribution is -0.385. The van der Waals surface area contributed by atoms with Crippen molar-refractivity contribution >= 4 is 5.69 Å². The zero-order chi connectivity index (χ0) is 13.0. The lowest BCUT2D eigenvalue weighted by Gasteiger charge is -2.08. The van der Waals surface area contributed by atoms with Gasteiger partial charge in [0.2, 0.25) is 0 Å². The number of nitrogens with zero attached hydrogens (tertiary/aromatic N) is 2. The van der Waals surface area contributed by atoms with E-state index in [0.29, 0.717) is 17.1 Å². The zero-order valence-electron chi connectivity index (χ0n) is 9.28. The zero-order valence-corrected chi connectivity index (χ0v) is 9.28. The highest BCUT2D eigenvalue weighted by Crippen LogP contribution is 2.24. The first-order valence-corrected chi connectivity index (χ1v) is 5.11. The van der Waals surface area contributed by atoms with Crippen molar-refractivity contribution in [3.05, 3.63) is 51.9 Å². The summed E-state index contributed by atoms with van der Waals surface area (Å²) < 4.78 is 10.2. The molecule has 94 valence electrons. The summed E-state index contributed by atoms with van der Waals surface area (Å²) in [6.45, 7) is -0.196. The molecule has 0 unspecified atom stereocenters. The lowest BCUT2D eigenvalue weighted by Crippen LogP contribution is -1.99. The predicted molar refractivity (Wildman–Crippen MR) is 59.9 cm³/mol. The van der Waals surface area contributed by atoms with Crippen molar-refractivity contribution in [3.63, 3.8) is 0 Å². The van der Waals surface area contributed by atoms with E-state index in [1.165, 1.54) is 24.4 Å². The normalized spacial score (nSPS) is 10.3. The summed E-state index contributed by atoms with van der Waals surface area (Å²) in [7, 11) is 0. The van der Waals surface area contributed by atoms with Gasteiger partial charge in [0.25, 0.3) is 5.69 Å². The van der Waals surface area contributed by atoms with Crippen LogP contribution in [0.1, 0.15) is 11.3 Å². The molecule has 0 bridgehead atoms. The van der Waals surface area contributed by atoms with Gasteiger partial charge >= 0.3 is 0 Å². The van der Waals surface area contributed by atoms with E-state index >= 15 is 0 Å². The van der Waals surface area contributed by atoms with Gasteiger partial charge in [0.15, 0.2) is 5.76 Å².